The molecule has 0 saturated heterocycles. The molecule has 0 spiro atoms. The molecule has 148 valence electrons. The van der Waals surface area contributed by atoms with Gasteiger partial charge in [-0.1, -0.05) is 42.5 Å². The molecule has 0 radical (unpaired) electrons. The van der Waals surface area contributed by atoms with Gasteiger partial charge in [-0.05, 0) is 53.6 Å². The summed E-state index contributed by atoms with van der Waals surface area (Å²) in [5.74, 6) is -0.356. The number of rotatable bonds is 5. The average molecular weight is 396 g/mol. The molecule has 0 atom stereocenters. The number of pyridine rings is 1. The van der Waals surface area contributed by atoms with Crippen molar-refractivity contribution in [3.8, 4) is 0 Å². The molecule has 30 heavy (non-hydrogen) atoms. The van der Waals surface area contributed by atoms with Gasteiger partial charge in [-0.2, -0.15) is 0 Å². The first-order chi connectivity index (χ1) is 14.5. The summed E-state index contributed by atoms with van der Waals surface area (Å²) in [7, 11) is 0. The minimum Gasteiger partial charge on any atom is -0.322 e. The topological polar surface area (TPSA) is 68.2 Å². The van der Waals surface area contributed by atoms with Crippen LogP contribution in [0.1, 0.15) is 33.2 Å². The fourth-order valence-corrected chi connectivity index (χ4v) is 3.39. The first-order valence-corrected chi connectivity index (χ1v) is 9.61. The smallest absolute Gasteiger partial charge is 0.257 e. The lowest BCUT2D eigenvalue weighted by molar-refractivity contribution is 0.101. The molecule has 5 nitrogen and oxygen atoms in total. The van der Waals surface area contributed by atoms with Crippen LogP contribution in [0, 0.1) is 0 Å². The van der Waals surface area contributed by atoms with E-state index >= 15 is 0 Å². The number of benzene rings is 3. The van der Waals surface area contributed by atoms with Gasteiger partial charge in [0.25, 0.3) is 11.5 Å². The molecule has 0 saturated carbocycles. The predicted octanol–water partition coefficient (Wildman–Crippen LogP) is 4.50. The van der Waals surface area contributed by atoms with E-state index in [1.54, 1.807) is 30.5 Å². The Morgan fingerprint density at radius 3 is 2.30 bits per heavy atom. The van der Waals surface area contributed by atoms with E-state index in [4.69, 9.17) is 0 Å². The first-order valence-electron chi connectivity index (χ1n) is 9.61. The van der Waals surface area contributed by atoms with Crippen molar-refractivity contribution in [2.45, 2.75) is 13.5 Å². The highest BCUT2D eigenvalue weighted by molar-refractivity contribution is 6.04. The minimum absolute atomic E-state index is 0.0339. The molecule has 5 heteroatoms. The number of nitrogens with zero attached hydrogens (tertiary/aromatic N) is 1. The molecule has 4 aromatic rings. The van der Waals surface area contributed by atoms with Crippen LogP contribution < -0.4 is 10.9 Å². The van der Waals surface area contributed by atoms with E-state index in [9.17, 15) is 14.4 Å². The Kier molecular flexibility index (Phi) is 5.26. The highest BCUT2D eigenvalue weighted by atomic mass is 16.2. The van der Waals surface area contributed by atoms with Gasteiger partial charge in [0, 0.05) is 23.5 Å². The first kappa shape index (κ1) is 19.3. The van der Waals surface area contributed by atoms with Crippen molar-refractivity contribution < 1.29 is 9.59 Å². The largest absolute Gasteiger partial charge is 0.322 e. The molecule has 4 rings (SSSR count). The maximum absolute atomic E-state index is 12.7. The van der Waals surface area contributed by atoms with Crippen LogP contribution in [-0.4, -0.2) is 16.3 Å². The van der Waals surface area contributed by atoms with Crippen molar-refractivity contribution in [1.82, 2.24) is 4.57 Å². The van der Waals surface area contributed by atoms with Gasteiger partial charge in [-0.3, -0.25) is 14.4 Å². The number of anilines is 1. The van der Waals surface area contributed by atoms with Gasteiger partial charge in [-0.15, -0.1) is 0 Å². The van der Waals surface area contributed by atoms with Crippen LogP contribution in [0.2, 0.25) is 0 Å². The van der Waals surface area contributed by atoms with Crippen LogP contribution in [0.3, 0.4) is 0 Å². The molecule has 0 aliphatic rings. The fraction of sp³-hybridized carbons (Fsp3) is 0.0800. The van der Waals surface area contributed by atoms with Crippen LogP contribution in [0.4, 0.5) is 5.69 Å². The third-order valence-electron chi connectivity index (χ3n) is 5.02. The Bertz CT molecular complexity index is 1300. The summed E-state index contributed by atoms with van der Waals surface area (Å²) < 4.78 is 1.54. The van der Waals surface area contributed by atoms with Crippen molar-refractivity contribution in [3.63, 3.8) is 0 Å². The number of Topliss-reactive ketones (excluding diaryl/α,β-unsaturated/α-hetero) is 1. The number of nitrogens with one attached hydrogen (secondary N) is 1. The van der Waals surface area contributed by atoms with Crippen LogP contribution in [0.25, 0.3) is 10.8 Å². The van der Waals surface area contributed by atoms with Crippen molar-refractivity contribution >= 4 is 28.2 Å². The third kappa shape index (κ3) is 4.05. The monoisotopic (exact) mass is 396 g/mol. The van der Waals surface area contributed by atoms with E-state index in [-0.39, 0.29) is 17.2 Å². The van der Waals surface area contributed by atoms with Crippen molar-refractivity contribution in [2.24, 2.45) is 0 Å². The Balaban J connectivity index is 1.59. The van der Waals surface area contributed by atoms with Gasteiger partial charge < -0.3 is 9.88 Å². The lowest BCUT2D eigenvalue weighted by Gasteiger charge is -2.11. The van der Waals surface area contributed by atoms with Crippen LogP contribution >= 0.6 is 0 Å². The molecule has 1 aromatic heterocycles. The second kappa shape index (κ2) is 8.17. The van der Waals surface area contributed by atoms with Crippen LogP contribution in [-0.2, 0) is 6.54 Å². The summed E-state index contributed by atoms with van der Waals surface area (Å²) in [5, 5.41) is 4.98. The normalized spacial score (nSPS) is 10.7. The summed E-state index contributed by atoms with van der Waals surface area (Å²) in [4.78, 5) is 36.4. The van der Waals surface area contributed by atoms with Gasteiger partial charge in [0.15, 0.2) is 5.78 Å². The summed E-state index contributed by atoms with van der Waals surface area (Å²) in [6.07, 6.45) is 1.57. The second-order valence-electron chi connectivity index (χ2n) is 7.11. The number of hydrogen-bond donors (Lipinski definition) is 1. The minimum atomic E-state index is -0.322. The van der Waals surface area contributed by atoms with Crippen molar-refractivity contribution in [3.05, 3.63) is 112 Å². The molecular weight excluding hydrogens is 376 g/mol. The Labute approximate surface area is 173 Å². The van der Waals surface area contributed by atoms with Crippen LogP contribution in [0.5, 0.6) is 0 Å². The number of carbonyl (C=O) groups is 2. The molecule has 0 aliphatic heterocycles. The zero-order valence-corrected chi connectivity index (χ0v) is 16.5. The highest BCUT2D eigenvalue weighted by Gasteiger charge is 2.10. The molecule has 0 unspecified atom stereocenters. The van der Waals surface area contributed by atoms with Crippen molar-refractivity contribution in [2.75, 3.05) is 5.32 Å². The lowest BCUT2D eigenvalue weighted by Crippen LogP contribution is -2.22. The Hall–Kier alpha value is -3.99. The maximum atomic E-state index is 12.7. The zero-order chi connectivity index (χ0) is 21.1. The second-order valence-corrected chi connectivity index (χ2v) is 7.11. The third-order valence-corrected chi connectivity index (χ3v) is 5.02. The number of amides is 1. The number of ketones is 1. The van der Waals surface area contributed by atoms with E-state index in [1.807, 2.05) is 42.5 Å². The zero-order valence-electron chi connectivity index (χ0n) is 16.5. The quantitative estimate of drug-likeness (QED) is 0.505. The van der Waals surface area contributed by atoms with E-state index in [1.165, 1.54) is 23.6 Å². The van der Waals surface area contributed by atoms with Gasteiger partial charge in [0.2, 0.25) is 0 Å². The van der Waals surface area contributed by atoms with E-state index in [0.29, 0.717) is 23.4 Å². The summed E-state index contributed by atoms with van der Waals surface area (Å²) >= 11 is 0. The highest BCUT2D eigenvalue weighted by Crippen LogP contribution is 2.19. The van der Waals surface area contributed by atoms with E-state index < -0.39 is 0 Å². The van der Waals surface area contributed by atoms with Gasteiger partial charge in [0.1, 0.15) is 0 Å². The van der Waals surface area contributed by atoms with Crippen molar-refractivity contribution in [1.29, 1.82) is 0 Å². The van der Waals surface area contributed by atoms with E-state index in [0.717, 1.165) is 16.3 Å². The van der Waals surface area contributed by atoms with Crippen LogP contribution in [0.15, 0.2) is 89.9 Å². The molecule has 3 aromatic carbocycles. The molecular formula is C25H20N2O3. The summed E-state index contributed by atoms with van der Waals surface area (Å²) in [6, 6.07) is 23.6. The molecule has 1 N–H and O–H groups in total. The van der Waals surface area contributed by atoms with Gasteiger partial charge >= 0.3 is 0 Å². The average Bonchev–Trinajstić information content (AvgIpc) is 2.76. The number of fused-ring (bicyclic) bond motifs is 1. The lowest BCUT2D eigenvalue weighted by atomic mass is 10.0. The Morgan fingerprint density at radius 1 is 0.833 bits per heavy atom. The molecule has 0 aliphatic carbocycles. The van der Waals surface area contributed by atoms with Gasteiger partial charge in [-0.25, -0.2) is 0 Å². The number of hydrogen-bond acceptors (Lipinski definition) is 3. The molecule has 1 amide bonds. The Morgan fingerprint density at radius 2 is 1.53 bits per heavy atom. The number of aromatic nitrogens is 1. The van der Waals surface area contributed by atoms with Gasteiger partial charge in [0.05, 0.1) is 12.1 Å². The van der Waals surface area contributed by atoms with E-state index in [2.05, 4.69) is 5.32 Å². The molecule has 0 bridgehead atoms. The maximum Gasteiger partial charge on any atom is 0.257 e. The summed E-state index contributed by atoms with van der Waals surface area (Å²) in [6.45, 7) is 1.86. The standard InChI is InChI=1S/C25H20N2O3/c1-17(28)18-9-12-22(13-10-18)26-25(30)21-11-14-24(29)27(16-21)15-20-7-4-6-19-5-2-3-8-23(19)20/h2-14,16H,15H2,1H3,(H,26,30). The summed E-state index contributed by atoms with van der Waals surface area (Å²) in [5.41, 5.74) is 2.37. The molecule has 0 fully saturated rings. The fourth-order valence-electron chi connectivity index (χ4n) is 3.39. The predicted molar refractivity (Wildman–Crippen MR) is 118 cm³/mol. The molecule has 1 heterocycles. The number of carbonyl (C=O) groups excluding carboxylic acids is 2. The SMILES string of the molecule is CC(=O)c1ccc(NC(=O)c2ccc(=O)n(Cc3cccc4ccccc34)c2)cc1.